The molecule has 1 saturated carbocycles. The van der Waals surface area contributed by atoms with Crippen molar-refractivity contribution < 1.29 is 14.1 Å². The molecule has 1 aliphatic rings. The van der Waals surface area contributed by atoms with Gasteiger partial charge in [-0.3, -0.25) is 4.79 Å². The fourth-order valence-electron chi connectivity index (χ4n) is 3.52. The van der Waals surface area contributed by atoms with Gasteiger partial charge in [0.2, 0.25) is 5.89 Å². The Kier molecular flexibility index (Phi) is 5.06. The van der Waals surface area contributed by atoms with E-state index in [0.29, 0.717) is 11.7 Å². The minimum Gasteiger partial charge on any atom is -0.483 e. The SMILES string of the molecule is Cc1nc(C2(NC(=O)COc3c(C)cccc3C)CCCCC2)no1. The predicted molar refractivity (Wildman–Crippen MR) is 93.4 cm³/mol. The van der Waals surface area contributed by atoms with Crippen LogP contribution in [0, 0.1) is 20.8 Å². The molecule has 0 spiro atoms. The monoisotopic (exact) mass is 343 g/mol. The molecule has 0 saturated heterocycles. The lowest BCUT2D eigenvalue weighted by Crippen LogP contribution is -2.49. The zero-order chi connectivity index (χ0) is 17.9. The molecule has 0 unspecified atom stereocenters. The first-order valence-electron chi connectivity index (χ1n) is 8.81. The Morgan fingerprint density at radius 3 is 2.48 bits per heavy atom. The van der Waals surface area contributed by atoms with Crippen LogP contribution in [0.15, 0.2) is 22.7 Å². The lowest BCUT2D eigenvalue weighted by molar-refractivity contribution is -0.125. The van der Waals surface area contributed by atoms with Crippen LogP contribution in [0.25, 0.3) is 0 Å². The maximum absolute atomic E-state index is 12.6. The number of rotatable bonds is 5. The zero-order valence-electron chi connectivity index (χ0n) is 15.1. The first kappa shape index (κ1) is 17.5. The van der Waals surface area contributed by atoms with Crippen LogP contribution < -0.4 is 10.1 Å². The van der Waals surface area contributed by atoms with E-state index in [0.717, 1.165) is 49.0 Å². The van der Waals surface area contributed by atoms with Gasteiger partial charge >= 0.3 is 0 Å². The molecule has 1 N–H and O–H groups in total. The molecular weight excluding hydrogens is 318 g/mol. The number of amides is 1. The lowest BCUT2D eigenvalue weighted by atomic mass is 9.81. The van der Waals surface area contributed by atoms with Crippen molar-refractivity contribution in [1.29, 1.82) is 0 Å². The van der Waals surface area contributed by atoms with Crippen molar-refractivity contribution in [2.45, 2.75) is 58.4 Å². The second-order valence-corrected chi connectivity index (χ2v) is 6.84. The number of para-hydroxylation sites is 1. The number of aromatic nitrogens is 2. The van der Waals surface area contributed by atoms with E-state index < -0.39 is 5.54 Å². The lowest BCUT2D eigenvalue weighted by Gasteiger charge is -2.35. The van der Waals surface area contributed by atoms with E-state index in [1.54, 1.807) is 6.92 Å². The molecule has 0 bridgehead atoms. The number of benzene rings is 1. The number of hydrogen-bond acceptors (Lipinski definition) is 5. The van der Waals surface area contributed by atoms with Crippen molar-refractivity contribution in [2.75, 3.05) is 6.61 Å². The number of carbonyl (C=O) groups excluding carboxylic acids is 1. The van der Waals surface area contributed by atoms with Crippen molar-refractivity contribution in [1.82, 2.24) is 15.5 Å². The van der Waals surface area contributed by atoms with Gasteiger partial charge in [0, 0.05) is 6.92 Å². The summed E-state index contributed by atoms with van der Waals surface area (Å²) in [6, 6.07) is 5.93. The summed E-state index contributed by atoms with van der Waals surface area (Å²) in [5.74, 6) is 1.70. The van der Waals surface area contributed by atoms with E-state index in [1.807, 2.05) is 32.0 Å². The molecule has 0 atom stereocenters. The first-order chi connectivity index (χ1) is 12.0. The number of nitrogens with one attached hydrogen (secondary N) is 1. The van der Waals surface area contributed by atoms with Crippen LogP contribution in [0.1, 0.15) is 54.9 Å². The van der Waals surface area contributed by atoms with Crippen LogP contribution >= 0.6 is 0 Å². The molecule has 6 nitrogen and oxygen atoms in total. The van der Waals surface area contributed by atoms with Gasteiger partial charge < -0.3 is 14.6 Å². The van der Waals surface area contributed by atoms with Crippen LogP contribution in [-0.4, -0.2) is 22.7 Å². The number of carbonyl (C=O) groups is 1. The maximum atomic E-state index is 12.6. The van der Waals surface area contributed by atoms with Gasteiger partial charge in [0.05, 0.1) is 0 Å². The van der Waals surface area contributed by atoms with E-state index in [9.17, 15) is 4.79 Å². The molecule has 6 heteroatoms. The summed E-state index contributed by atoms with van der Waals surface area (Å²) in [4.78, 5) is 16.9. The third kappa shape index (κ3) is 3.83. The van der Waals surface area contributed by atoms with Gasteiger partial charge in [0.1, 0.15) is 11.3 Å². The summed E-state index contributed by atoms with van der Waals surface area (Å²) in [6.45, 7) is 5.69. The average Bonchev–Trinajstić information content (AvgIpc) is 3.02. The summed E-state index contributed by atoms with van der Waals surface area (Å²) >= 11 is 0. The molecule has 1 fully saturated rings. The molecule has 0 radical (unpaired) electrons. The van der Waals surface area contributed by atoms with E-state index >= 15 is 0 Å². The molecule has 0 aliphatic heterocycles. The number of aryl methyl sites for hydroxylation is 3. The molecule has 3 rings (SSSR count). The average molecular weight is 343 g/mol. The fourth-order valence-corrected chi connectivity index (χ4v) is 3.52. The smallest absolute Gasteiger partial charge is 0.258 e. The molecular formula is C19H25N3O3. The maximum Gasteiger partial charge on any atom is 0.258 e. The third-order valence-electron chi connectivity index (χ3n) is 4.80. The normalized spacial score (nSPS) is 16.4. The second kappa shape index (κ2) is 7.25. The van der Waals surface area contributed by atoms with Gasteiger partial charge in [-0.1, -0.05) is 42.6 Å². The summed E-state index contributed by atoms with van der Waals surface area (Å²) in [6.07, 6.45) is 4.87. The Morgan fingerprint density at radius 2 is 1.88 bits per heavy atom. The summed E-state index contributed by atoms with van der Waals surface area (Å²) in [5, 5.41) is 7.19. The van der Waals surface area contributed by atoms with Gasteiger partial charge in [0.15, 0.2) is 12.4 Å². The van der Waals surface area contributed by atoms with Crippen molar-refractivity contribution in [3.63, 3.8) is 0 Å². The van der Waals surface area contributed by atoms with E-state index in [2.05, 4.69) is 15.5 Å². The minimum absolute atomic E-state index is 0.0235. The van der Waals surface area contributed by atoms with Gasteiger partial charge in [-0.2, -0.15) is 4.98 Å². The molecule has 2 aromatic rings. The van der Waals surface area contributed by atoms with Crippen LogP contribution in [0.3, 0.4) is 0 Å². The fraction of sp³-hybridized carbons (Fsp3) is 0.526. The van der Waals surface area contributed by atoms with Gasteiger partial charge in [0.25, 0.3) is 5.91 Å². The Balaban J connectivity index is 1.71. The molecule has 25 heavy (non-hydrogen) atoms. The number of ether oxygens (including phenoxy) is 1. The molecule has 134 valence electrons. The Bertz CT molecular complexity index is 728. The summed E-state index contributed by atoms with van der Waals surface area (Å²) in [7, 11) is 0. The van der Waals surface area contributed by atoms with Crippen molar-refractivity contribution in [3.05, 3.63) is 41.0 Å². The van der Waals surface area contributed by atoms with E-state index in [-0.39, 0.29) is 12.5 Å². The highest BCUT2D eigenvalue weighted by atomic mass is 16.5. The zero-order valence-corrected chi connectivity index (χ0v) is 15.1. The van der Waals surface area contributed by atoms with Gasteiger partial charge in [-0.25, -0.2) is 0 Å². The molecule has 1 amide bonds. The van der Waals surface area contributed by atoms with Crippen LogP contribution in [0.4, 0.5) is 0 Å². The topological polar surface area (TPSA) is 77.2 Å². The van der Waals surface area contributed by atoms with Crippen LogP contribution in [-0.2, 0) is 10.3 Å². The first-order valence-corrected chi connectivity index (χ1v) is 8.81. The standard InChI is InChI=1S/C19H25N3O3/c1-13-8-7-9-14(2)17(13)24-12-16(23)21-19(10-5-4-6-11-19)18-20-15(3)25-22-18/h7-9H,4-6,10-12H2,1-3H3,(H,21,23). The van der Waals surface area contributed by atoms with E-state index in [4.69, 9.17) is 9.26 Å². The second-order valence-electron chi connectivity index (χ2n) is 6.84. The molecule has 1 aliphatic carbocycles. The predicted octanol–water partition coefficient (Wildman–Crippen LogP) is 3.35. The largest absolute Gasteiger partial charge is 0.483 e. The Morgan fingerprint density at radius 1 is 1.20 bits per heavy atom. The van der Waals surface area contributed by atoms with Crippen LogP contribution in [0.5, 0.6) is 5.75 Å². The Hall–Kier alpha value is -2.37. The number of nitrogens with zero attached hydrogens (tertiary/aromatic N) is 2. The molecule has 1 heterocycles. The quantitative estimate of drug-likeness (QED) is 0.901. The van der Waals surface area contributed by atoms with E-state index in [1.165, 1.54) is 0 Å². The van der Waals surface area contributed by atoms with Crippen molar-refractivity contribution in [3.8, 4) is 5.75 Å². The van der Waals surface area contributed by atoms with Crippen LogP contribution in [0.2, 0.25) is 0 Å². The number of hydrogen-bond donors (Lipinski definition) is 1. The van der Waals surface area contributed by atoms with Gasteiger partial charge in [-0.15, -0.1) is 0 Å². The molecule has 1 aromatic heterocycles. The highest BCUT2D eigenvalue weighted by Gasteiger charge is 2.39. The van der Waals surface area contributed by atoms with Gasteiger partial charge in [-0.05, 0) is 37.8 Å². The van der Waals surface area contributed by atoms with Crippen molar-refractivity contribution >= 4 is 5.91 Å². The minimum atomic E-state index is -0.544. The third-order valence-corrected chi connectivity index (χ3v) is 4.80. The Labute approximate surface area is 148 Å². The van der Waals surface area contributed by atoms with Crippen molar-refractivity contribution in [2.24, 2.45) is 0 Å². The summed E-state index contributed by atoms with van der Waals surface area (Å²) < 4.78 is 10.9. The molecule has 1 aromatic carbocycles. The summed E-state index contributed by atoms with van der Waals surface area (Å²) in [5.41, 5.74) is 1.50. The highest BCUT2D eigenvalue weighted by Crippen LogP contribution is 2.35. The highest BCUT2D eigenvalue weighted by molar-refractivity contribution is 5.78.